The second-order valence-corrected chi connectivity index (χ2v) is 21.6. The molecule has 0 radical (unpaired) electrons. The van der Waals surface area contributed by atoms with E-state index in [4.69, 9.17) is 4.74 Å². The number of carbonyl (C=O) groups is 1. The van der Waals surface area contributed by atoms with E-state index >= 15 is 0 Å². The number of carboxylic acids is 1. The van der Waals surface area contributed by atoms with E-state index in [0.29, 0.717) is 48.0 Å². The van der Waals surface area contributed by atoms with Gasteiger partial charge in [-0.1, -0.05) is 95.3 Å². The molecule has 10 atom stereocenters. The number of aliphatic hydroxyl groups is 1. The molecule has 48 heavy (non-hydrogen) atoms. The molecule has 0 aromatic heterocycles. The average Bonchev–Trinajstić information content (AvgIpc) is 3.43. The summed E-state index contributed by atoms with van der Waals surface area (Å²) < 4.78 is 6.67. The third kappa shape index (κ3) is 6.26. The van der Waals surface area contributed by atoms with Crippen LogP contribution in [0.5, 0.6) is 0 Å². The lowest BCUT2D eigenvalue weighted by Crippen LogP contribution is -2.65. The molecule has 0 heterocycles. The van der Waals surface area contributed by atoms with Crippen molar-refractivity contribution in [1.29, 1.82) is 0 Å². The van der Waals surface area contributed by atoms with Crippen LogP contribution in [0.4, 0.5) is 0 Å². The Balaban J connectivity index is 1.24. The van der Waals surface area contributed by atoms with Gasteiger partial charge in [0.25, 0.3) is 8.32 Å². The highest BCUT2D eigenvalue weighted by molar-refractivity contribution is 6.98. The molecule has 0 bridgehead atoms. The zero-order valence-corrected chi connectivity index (χ0v) is 31.2. The van der Waals surface area contributed by atoms with Crippen molar-refractivity contribution in [2.24, 2.45) is 52.3 Å². The SMILES string of the molecule is C[C@H](CCC(=O)O)C1CCC2C3C(OCCO)CC4CC(CC(C)(C)[Si](O)(c5ccccc5)c5ccccc5)CCC4(C)C3CCC21C. The molecule has 2 aromatic rings. The van der Waals surface area contributed by atoms with Gasteiger partial charge >= 0.3 is 5.97 Å². The molecule has 264 valence electrons. The first-order valence-corrected chi connectivity index (χ1v) is 21.1. The van der Waals surface area contributed by atoms with Crippen LogP contribution in [0.2, 0.25) is 5.04 Å². The van der Waals surface area contributed by atoms with E-state index in [1.807, 2.05) is 12.1 Å². The minimum absolute atomic E-state index is 0.0611. The second-order valence-electron chi connectivity index (χ2n) is 17.7. The Hall–Kier alpha value is -1.99. The molecular weight excluding hydrogens is 613 g/mol. The average molecular weight is 675 g/mol. The highest BCUT2D eigenvalue weighted by Crippen LogP contribution is 2.69. The minimum Gasteiger partial charge on any atom is -0.481 e. The van der Waals surface area contributed by atoms with Gasteiger partial charge in [0.15, 0.2) is 0 Å². The molecular formula is C42H62O5Si. The molecule has 5 nitrogen and oxygen atoms in total. The summed E-state index contributed by atoms with van der Waals surface area (Å²) in [4.78, 5) is 24.3. The van der Waals surface area contributed by atoms with E-state index in [1.165, 1.54) is 44.9 Å². The van der Waals surface area contributed by atoms with Crippen molar-refractivity contribution in [2.45, 2.75) is 116 Å². The van der Waals surface area contributed by atoms with Gasteiger partial charge < -0.3 is 19.7 Å². The van der Waals surface area contributed by atoms with Gasteiger partial charge in [-0.15, -0.1) is 0 Å². The third-order valence-electron chi connectivity index (χ3n) is 14.9. The molecule has 6 heteroatoms. The summed E-state index contributed by atoms with van der Waals surface area (Å²) in [6.45, 7) is 12.6. The van der Waals surface area contributed by atoms with E-state index in [-0.39, 0.29) is 35.0 Å². The van der Waals surface area contributed by atoms with Crippen LogP contribution in [0.3, 0.4) is 0 Å². The van der Waals surface area contributed by atoms with Crippen LogP contribution in [0, 0.1) is 52.3 Å². The lowest BCUT2D eigenvalue weighted by molar-refractivity contribution is -0.186. The summed E-state index contributed by atoms with van der Waals surface area (Å²) in [5, 5.41) is 21.2. The van der Waals surface area contributed by atoms with Crippen LogP contribution in [0.1, 0.15) is 105 Å². The summed E-state index contributed by atoms with van der Waals surface area (Å²) >= 11 is 0. The first-order valence-electron chi connectivity index (χ1n) is 19.1. The molecule has 9 unspecified atom stereocenters. The molecule has 4 fully saturated rings. The van der Waals surface area contributed by atoms with Crippen LogP contribution in [0.15, 0.2) is 60.7 Å². The standard InChI is InChI=1S/C42H62O5Si/c1-29(16-19-38(44)45)34-17-18-35-39-36(21-23-42(34,35)5)41(4)22-20-30(26-31(41)27-37(39)47-25-24-43)28-40(2,3)48(46,32-12-8-6-9-13-32)33-14-10-7-11-15-33/h6-15,29-31,34-37,39,43,46H,16-28H2,1-5H3,(H,44,45)/t29-,30?,31?,34?,35?,36?,37?,39?,41?,42?/m1/s1. The van der Waals surface area contributed by atoms with Crippen molar-refractivity contribution in [3.8, 4) is 0 Å². The predicted molar refractivity (Wildman–Crippen MR) is 196 cm³/mol. The van der Waals surface area contributed by atoms with Gasteiger partial charge in [0, 0.05) is 6.42 Å². The number of ether oxygens (including phenoxy) is 1. The Bertz CT molecular complexity index is 1340. The van der Waals surface area contributed by atoms with E-state index < -0.39 is 14.3 Å². The molecule has 2 aromatic carbocycles. The highest BCUT2D eigenvalue weighted by atomic mass is 28.4. The normalized spacial score (nSPS) is 35.7. The molecule has 0 saturated heterocycles. The smallest absolute Gasteiger partial charge is 0.303 e. The Morgan fingerprint density at radius 1 is 0.917 bits per heavy atom. The maximum absolute atomic E-state index is 12.9. The monoisotopic (exact) mass is 674 g/mol. The second kappa shape index (κ2) is 14.0. The van der Waals surface area contributed by atoms with E-state index in [0.717, 1.165) is 29.6 Å². The number of carboxylic acid groups (broad SMARTS) is 1. The topological polar surface area (TPSA) is 87.0 Å². The van der Waals surface area contributed by atoms with Gasteiger partial charge in [-0.05, 0) is 132 Å². The Morgan fingerprint density at radius 2 is 1.52 bits per heavy atom. The Labute approximate surface area is 291 Å². The van der Waals surface area contributed by atoms with Crippen LogP contribution < -0.4 is 10.4 Å². The summed E-state index contributed by atoms with van der Waals surface area (Å²) in [6.07, 6.45) is 11.8. The molecule has 3 N–H and O–H groups in total. The van der Waals surface area contributed by atoms with Crippen LogP contribution >= 0.6 is 0 Å². The fourth-order valence-corrected chi connectivity index (χ4v) is 16.4. The molecule has 4 aliphatic rings. The first-order chi connectivity index (χ1) is 22.8. The Kier molecular flexibility index (Phi) is 10.4. The van der Waals surface area contributed by atoms with Crippen LogP contribution in [-0.4, -0.2) is 48.6 Å². The van der Waals surface area contributed by atoms with E-state index in [1.54, 1.807) is 0 Å². The zero-order valence-electron chi connectivity index (χ0n) is 30.2. The number of hydrogen-bond acceptors (Lipinski definition) is 4. The number of benzene rings is 2. The molecule has 0 amide bonds. The third-order valence-corrected chi connectivity index (χ3v) is 19.4. The molecule has 0 aliphatic heterocycles. The van der Waals surface area contributed by atoms with Gasteiger partial charge in [0.05, 0.1) is 19.3 Å². The van der Waals surface area contributed by atoms with Crippen molar-refractivity contribution in [2.75, 3.05) is 13.2 Å². The fourth-order valence-electron chi connectivity index (χ4n) is 12.6. The van der Waals surface area contributed by atoms with E-state index in [9.17, 15) is 19.8 Å². The molecule has 6 rings (SSSR count). The Morgan fingerprint density at radius 3 is 2.12 bits per heavy atom. The number of aliphatic hydroxyl groups excluding tert-OH is 1. The number of rotatable bonds is 12. The summed E-state index contributed by atoms with van der Waals surface area (Å²) in [7, 11) is -3.07. The van der Waals surface area contributed by atoms with Gasteiger partial charge in [-0.3, -0.25) is 4.79 Å². The lowest BCUT2D eigenvalue weighted by Gasteiger charge is -2.63. The van der Waals surface area contributed by atoms with Crippen LogP contribution in [0.25, 0.3) is 0 Å². The predicted octanol–water partition coefficient (Wildman–Crippen LogP) is 7.67. The molecule has 0 spiro atoms. The van der Waals surface area contributed by atoms with Gasteiger partial charge in [-0.25, -0.2) is 0 Å². The minimum atomic E-state index is -3.07. The number of fused-ring (bicyclic) bond motifs is 5. The van der Waals surface area contributed by atoms with Crippen molar-refractivity contribution >= 4 is 24.7 Å². The largest absolute Gasteiger partial charge is 0.481 e. The fraction of sp³-hybridized carbons (Fsp3) is 0.690. The summed E-state index contributed by atoms with van der Waals surface area (Å²) in [5.41, 5.74) is 0.514. The van der Waals surface area contributed by atoms with Gasteiger partial charge in [0.1, 0.15) is 0 Å². The maximum atomic E-state index is 12.9. The van der Waals surface area contributed by atoms with Gasteiger partial charge in [0.2, 0.25) is 0 Å². The number of hydrogen-bond donors (Lipinski definition) is 3. The quantitative estimate of drug-likeness (QED) is 0.201. The zero-order chi connectivity index (χ0) is 34.3. The molecule has 4 saturated carbocycles. The van der Waals surface area contributed by atoms with Crippen molar-refractivity contribution in [3.05, 3.63) is 60.7 Å². The van der Waals surface area contributed by atoms with Crippen molar-refractivity contribution in [1.82, 2.24) is 0 Å². The number of aliphatic carboxylic acids is 1. The summed E-state index contributed by atoms with van der Waals surface area (Å²) in [5.74, 6) is 3.18. The molecule has 4 aliphatic carbocycles. The van der Waals surface area contributed by atoms with Gasteiger partial charge in [-0.2, -0.15) is 0 Å². The lowest BCUT2D eigenvalue weighted by atomic mass is 9.43. The van der Waals surface area contributed by atoms with E-state index in [2.05, 4.69) is 83.1 Å². The highest BCUT2D eigenvalue weighted by Gasteiger charge is 2.63. The van der Waals surface area contributed by atoms with Crippen molar-refractivity contribution < 1.29 is 24.5 Å². The first kappa shape index (κ1) is 35.8. The van der Waals surface area contributed by atoms with Crippen molar-refractivity contribution in [3.63, 3.8) is 0 Å². The van der Waals surface area contributed by atoms with Crippen LogP contribution in [-0.2, 0) is 9.53 Å². The maximum Gasteiger partial charge on any atom is 0.303 e. The summed E-state index contributed by atoms with van der Waals surface area (Å²) in [6, 6.07) is 20.9.